The van der Waals surface area contributed by atoms with Crippen molar-refractivity contribution in [2.24, 2.45) is 0 Å². The van der Waals surface area contributed by atoms with Crippen molar-refractivity contribution in [2.75, 3.05) is 17.7 Å². The summed E-state index contributed by atoms with van der Waals surface area (Å²) in [5.41, 5.74) is 1.82. The van der Waals surface area contributed by atoms with Crippen molar-refractivity contribution >= 4 is 23.2 Å². The van der Waals surface area contributed by atoms with Gasteiger partial charge in [0.2, 0.25) is 5.91 Å². The Kier molecular flexibility index (Phi) is 5.91. The Morgan fingerprint density at radius 2 is 1.14 bits per heavy atom. The molecule has 0 saturated heterocycles. The summed E-state index contributed by atoms with van der Waals surface area (Å²) < 4.78 is 10.9. The highest BCUT2D eigenvalue weighted by Gasteiger charge is 2.07. The summed E-state index contributed by atoms with van der Waals surface area (Å²) in [5, 5.41) is 5.49. The van der Waals surface area contributed by atoms with Gasteiger partial charge in [-0.05, 0) is 72.8 Å². The first-order valence-electron chi connectivity index (χ1n) is 8.64. The van der Waals surface area contributed by atoms with Crippen LogP contribution in [0.5, 0.6) is 17.2 Å². The van der Waals surface area contributed by atoms with Gasteiger partial charge in [-0.3, -0.25) is 9.59 Å². The number of hydrogen-bond acceptors (Lipinski definition) is 4. The molecule has 3 aromatic carbocycles. The molecule has 0 aliphatic heterocycles. The zero-order valence-electron chi connectivity index (χ0n) is 15.6. The van der Waals surface area contributed by atoms with Gasteiger partial charge in [0.1, 0.15) is 17.2 Å². The Morgan fingerprint density at radius 1 is 0.679 bits per heavy atom. The van der Waals surface area contributed by atoms with Crippen LogP contribution < -0.4 is 20.1 Å². The van der Waals surface area contributed by atoms with E-state index in [4.69, 9.17) is 9.47 Å². The third kappa shape index (κ3) is 5.11. The molecule has 6 heteroatoms. The van der Waals surface area contributed by atoms with Crippen LogP contribution >= 0.6 is 0 Å². The van der Waals surface area contributed by atoms with E-state index in [0.717, 1.165) is 5.75 Å². The average molecular weight is 376 g/mol. The van der Waals surface area contributed by atoms with Crippen molar-refractivity contribution in [3.63, 3.8) is 0 Å². The van der Waals surface area contributed by atoms with Gasteiger partial charge in [-0.15, -0.1) is 0 Å². The van der Waals surface area contributed by atoms with Gasteiger partial charge in [-0.1, -0.05) is 0 Å². The van der Waals surface area contributed by atoms with E-state index in [1.807, 2.05) is 24.3 Å². The number of ether oxygens (including phenoxy) is 2. The summed E-state index contributed by atoms with van der Waals surface area (Å²) in [6.45, 7) is 1.44. The molecule has 3 aromatic rings. The van der Waals surface area contributed by atoms with Gasteiger partial charge in [0.15, 0.2) is 0 Å². The summed E-state index contributed by atoms with van der Waals surface area (Å²) in [5.74, 6) is 1.68. The molecule has 2 N–H and O–H groups in total. The monoisotopic (exact) mass is 376 g/mol. The lowest BCUT2D eigenvalue weighted by Gasteiger charge is -2.09. The molecule has 0 atom stereocenters. The third-order valence-corrected chi connectivity index (χ3v) is 3.87. The molecule has 142 valence electrons. The summed E-state index contributed by atoms with van der Waals surface area (Å²) in [6.07, 6.45) is 0. The minimum atomic E-state index is -0.233. The smallest absolute Gasteiger partial charge is 0.255 e. The largest absolute Gasteiger partial charge is 0.497 e. The number of anilines is 2. The SMILES string of the molecule is COc1ccc(Oc2ccc(C(=O)Nc3ccc(NC(C)=O)cc3)cc2)cc1. The van der Waals surface area contributed by atoms with Gasteiger partial charge >= 0.3 is 0 Å². The van der Waals surface area contributed by atoms with E-state index in [-0.39, 0.29) is 11.8 Å². The number of nitrogens with one attached hydrogen (secondary N) is 2. The van der Waals surface area contributed by atoms with E-state index in [1.54, 1.807) is 55.6 Å². The lowest BCUT2D eigenvalue weighted by Crippen LogP contribution is -2.12. The molecular weight excluding hydrogens is 356 g/mol. The summed E-state index contributed by atoms with van der Waals surface area (Å²) in [7, 11) is 1.61. The van der Waals surface area contributed by atoms with Crippen molar-refractivity contribution in [2.45, 2.75) is 6.92 Å². The zero-order valence-corrected chi connectivity index (χ0v) is 15.6. The first kappa shape index (κ1) is 19.0. The van der Waals surface area contributed by atoms with Crippen molar-refractivity contribution in [3.05, 3.63) is 78.4 Å². The van der Waals surface area contributed by atoms with Crippen LogP contribution in [0.2, 0.25) is 0 Å². The number of methoxy groups -OCH3 is 1. The molecule has 0 fully saturated rings. The van der Waals surface area contributed by atoms with E-state index in [0.29, 0.717) is 28.4 Å². The summed E-state index contributed by atoms with van der Waals surface area (Å²) in [4.78, 5) is 23.4. The molecule has 0 radical (unpaired) electrons. The number of benzene rings is 3. The van der Waals surface area contributed by atoms with Gasteiger partial charge < -0.3 is 20.1 Å². The predicted molar refractivity (Wildman–Crippen MR) is 108 cm³/mol. The molecule has 28 heavy (non-hydrogen) atoms. The van der Waals surface area contributed by atoms with Gasteiger partial charge in [0.25, 0.3) is 5.91 Å². The topological polar surface area (TPSA) is 76.7 Å². The Morgan fingerprint density at radius 3 is 1.64 bits per heavy atom. The fourth-order valence-electron chi connectivity index (χ4n) is 2.50. The molecule has 2 amide bonds. The molecule has 0 bridgehead atoms. The van der Waals surface area contributed by atoms with Gasteiger partial charge in [0.05, 0.1) is 7.11 Å². The van der Waals surface area contributed by atoms with E-state index < -0.39 is 0 Å². The quantitative estimate of drug-likeness (QED) is 0.654. The Balaban J connectivity index is 1.60. The molecule has 0 heterocycles. The fraction of sp³-hybridized carbons (Fsp3) is 0.0909. The standard InChI is InChI=1S/C22H20N2O4/c1-15(25)23-17-5-7-18(8-6-17)24-22(26)16-3-9-20(10-4-16)28-21-13-11-19(27-2)12-14-21/h3-14H,1-2H3,(H,23,25)(H,24,26). The molecule has 0 aromatic heterocycles. The Hall–Kier alpha value is -3.80. The highest BCUT2D eigenvalue weighted by atomic mass is 16.5. The van der Waals surface area contributed by atoms with Gasteiger partial charge in [-0.25, -0.2) is 0 Å². The molecule has 0 aliphatic rings. The minimum absolute atomic E-state index is 0.145. The number of rotatable bonds is 6. The van der Waals surface area contributed by atoms with Crippen molar-refractivity contribution in [1.29, 1.82) is 0 Å². The van der Waals surface area contributed by atoms with E-state index >= 15 is 0 Å². The first-order valence-corrected chi connectivity index (χ1v) is 8.64. The number of hydrogen-bond donors (Lipinski definition) is 2. The van der Waals surface area contributed by atoms with Gasteiger partial charge in [-0.2, -0.15) is 0 Å². The number of carbonyl (C=O) groups is 2. The molecule has 0 spiro atoms. The van der Waals surface area contributed by atoms with E-state index in [2.05, 4.69) is 10.6 Å². The lowest BCUT2D eigenvalue weighted by molar-refractivity contribution is -0.114. The second kappa shape index (κ2) is 8.73. The summed E-state index contributed by atoms with van der Waals surface area (Å²) in [6, 6.07) is 21.0. The number of amides is 2. The van der Waals surface area contributed by atoms with Crippen molar-refractivity contribution < 1.29 is 19.1 Å². The highest BCUT2D eigenvalue weighted by molar-refractivity contribution is 6.04. The normalized spacial score (nSPS) is 10.1. The summed E-state index contributed by atoms with van der Waals surface area (Å²) >= 11 is 0. The lowest BCUT2D eigenvalue weighted by atomic mass is 10.2. The second-order valence-corrected chi connectivity index (χ2v) is 6.01. The Bertz CT molecular complexity index is 949. The van der Waals surface area contributed by atoms with E-state index in [9.17, 15) is 9.59 Å². The van der Waals surface area contributed by atoms with Crippen LogP contribution in [0.25, 0.3) is 0 Å². The first-order chi connectivity index (χ1) is 13.5. The van der Waals surface area contributed by atoms with Gasteiger partial charge in [0, 0.05) is 23.9 Å². The van der Waals surface area contributed by atoms with Crippen LogP contribution in [-0.4, -0.2) is 18.9 Å². The molecule has 0 saturated carbocycles. The highest BCUT2D eigenvalue weighted by Crippen LogP contribution is 2.24. The van der Waals surface area contributed by atoms with Crippen LogP contribution in [0.15, 0.2) is 72.8 Å². The molecule has 3 rings (SSSR count). The minimum Gasteiger partial charge on any atom is -0.497 e. The van der Waals surface area contributed by atoms with E-state index in [1.165, 1.54) is 6.92 Å². The van der Waals surface area contributed by atoms with Crippen molar-refractivity contribution in [3.8, 4) is 17.2 Å². The third-order valence-electron chi connectivity index (χ3n) is 3.87. The molecule has 0 unspecified atom stereocenters. The average Bonchev–Trinajstić information content (AvgIpc) is 2.70. The zero-order chi connectivity index (χ0) is 19.9. The van der Waals surface area contributed by atoms with Crippen LogP contribution in [0.1, 0.15) is 17.3 Å². The van der Waals surface area contributed by atoms with Crippen molar-refractivity contribution in [1.82, 2.24) is 0 Å². The molecule has 0 aliphatic carbocycles. The van der Waals surface area contributed by atoms with Crippen LogP contribution in [-0.2, 0) is 4.79 Å². The molecule has 6 nitrogen and oxygen atoms in total. The Labute approximate surface area is 163 Å². The maximum absolute atomic E-state index is 12.4. The van der Waals surface area contributed by atoms with Crippen LogP contribution in [0.3, 0.4) is 0 Å². The maximum Gasteiger partial charge on any atom is 0.255 e. The van der Waals surface area contributed by atoms with Crippen LogP contribution in [0, 0.1) is 0 Å². The second-order valence-electron chi connectivity index (χ2n) is 6.01. The van der Waals surface area contributed by atoms with Crippen LogP contribution in [0.4, 0.5) is 11.4 Å². The fourth-order valence-corrected chi connectivity index (χ4v) is 2.50. The molecular formula is C22H20N2O4. The maximum atomic E-state index is 12.4. The number of carbonyl (C=O) groups excluding carboxylic acids is 2. The predicted octanol–water partition coefficient (Wildman–Crippen LogP) is 4.70.